The molecular weight excluding hydrogens is 98.1 g/mol. The van der Waals surface area contributed by atoms with Gasteiger partial charge in [-0.1, -0.05) is 13.0 Å². The number of nitrogens with zero attached hydrogens (tertiary/aromatic N) is 1. The molecule has 8 heavy (non-hydrogen) atoms. The van der Waals surface area contributed by atoms with Gasteiger partial charge in [0.1, 0.15) is 0 Å². The van der Waals surface area contributed by atoms with Crippen molar-refractivity contribution in [2.45, 2.75) is 20.3 Å². The Bertz CT molecular complexity index is 82.4. The molecule has 0 aliphatic heterocycles. The summed E-state index contributed by atoms with van der Waals surface area (Å²) in [5, 5.41) is 0. The van der Waals surface area contributed by atoms with E-state index in [9.17, 15) is 0 Å². The maximum Gasteiger partial charge on any atom is 0.0386 e. The molecule has 0 aliphatic rings. The van der Waals surface area contributed by atoms with Crippen molar-refractivity contribution in [3.05, 3.63) is 12.2 Å². The van der Waals surface area contributed by atoms with E-state index in [4.69, 9.17) is 0 Å². The first-order chi connectivity index (χ1) is 3.91. The van der Waals surface area contributed by atoms with Crippen LogP contribution in [0.5, 0.6) is 0 Å². The third-order valence-electron chi connectivity index (χ3n) is 0.737. The van der Waals surface area contributed by atoms with Crippen LogP contribution < -0.4 is 0 Å². The standard InChI is InChI=1S/C7H13N/c1-3-5-7-8-6-4-2/h3,5,7H,4,6H2,1-2H3/b5-3-,8-7?. The van der Waals surface area contributed by atoms with Crippen molar-refractivity contribution < 1.29 is 0 Å². The van der Waals surface area contributed by atoms with Gasteiger partial charge in [-0.05, 0) is 19.4 Å². The van der Waals surface area contributed by atoms with Crippen LogP contribution in [-0.4, -0.2) is 12.8 Å². The number of hydrogen-bond acceptors (Lipinski definition) is 1. The highest BCUT2D eigenvalue weighted by atomic mass is 14.7. The van der Waals surface area contributed by atoms with Crippen LogP contribution >= 0.6 is 0 Å². The fourth-order valence-corrected chi connectivity index (χ4v) is 0.351. The molecule has 0 radical (unpaired) electrons. The quantitative estimate of drug-likeness (QED) is 0.494. The molecule has 0 amide bonds. The van der Waals surface area contributed by atoms with E-state index >= 15 is 0 Å². The van der Waals surface area contributed by atoms with E-state index in [1.54, 1.807) is 0 Å². The monoisotopic (exact) mass is 111 g/mol. The smallest absolute Gasteiger partial charge is 0.0386 e. The SMILES string of the molecule is C/C=C\C=NCCC. The Hall–Kier alpha value is -0.590. The molecule has 1 nitrogen and oxygen atoms in total. The molecule has 1 heteroatoms. The van der Waals surface area contributed by atoms with E-state index in [-0.39, 0.29) is 0 Å². The summed E-state index contributed by atoms with van der Waals surface area (Å²) in [6.07, 6.45) is 6.88. The summed E-state index contributed by atoms with van der Waals surface area (Å²) in [5.74, 6) is 0. The van der Waals surface area contributed by atoms with Crippen molar-refractivity contribution in [3.8, 4) is 0 Å². The summed E-state index contributed by atoms with van der Waals surface area (Å²) in [5.41, 5.74) is 0. The minimum atomic E-state index is 0.949. The first kappa shape index (κ1) is 7.41. The van der Waals surface area contributed by atoms with E-state index in [2.05, 4.69) is 11.9 Å². The summed E-state index contributed by atoms with van der Waals surface area (Å²) in [4.78, 5) is 4.07. The predicted molar refractivity (Wildman–Crippen MR) is 38.5 cm³/mol. The lowest BCUT2D eigenvalue weighted by Crippen LogP contribution is -1.73. The van der Waals surface area contributed by atoms with E-state index in [0.717, 1.165) is 13.0 Å². The van der Waals surface area contributed by atoms with E-state index in [1.807, 2.05) is 25.3 Å². The number of allylic oxidation sites excluding steroid dienone is 2. The summed E-state index contributed by atoms with van der Waals surface area (Å²) >= 11 is 0. The molecule has 0 spiro atoms. The molecule has 0 N–H and O–H groups in total. The summed E-state index contributed by atoms with van der Waals surface area (Å²) in [7, 11) is 0. The average Bonchev–Trinajstić information content (AvgIpc) is 1.81. The fourth-order valence-electron chi connectivity index (χ4n) is 0.351. The molecule has 0 saturated heterocycles. The summed E-state index contributed by atoms with van der Waals surface area (Å²) < 4.78 is 0. The molecule has 0 aromatic rings. The third-order valence-corrected chi connectivity index (χ3v) is 0.737. The Morgan fingerprint density at radius 2 is 2.25 bits per heavy atom. The maximum atomic E-state index is 4.07. The second kappa shape index (κ2) is 6.41. The molecule has 0 fully saturated rings. The van der Waals surface area contributed by atoms with Crippen LogP contribution in [0.1, 0.15) is 20.3 Å². The molecule has 0 aromatic carbocycles. The van der Waals surface area contributed by atoms with Gasteiger partial charge in [-0.3, -0.25) is 4.99 Å². The fraction of sp³-hybridized carbons (Fsp3) is 0.571. The molecule has 0 unspecified atom stereocenters. The highest BCUT2D eigenvalue weighted by Gasteiger charge is 1.67. The van der Waals surface area contributed by atoms with Gasteiger partial charge >= 0.3 is 0 Å². The van der Waals surface area contributed by atoms with Crippen molar-refractivity contribution in [2.24, 2.45) is 4.99 Å². The van der Waals surface area contributed by atoms with Crippen LogP contribution in [-0.2, 0) is 0 Å². The van der Waals surface area contributed by atoms with Gasteiger partial charge in [0, 0.05) is 12.8 Å². The largest absolute Gasteiger partial charge is 0.293 e. The zero-order chi connectivity index (χ0) is 6.24. The van der Waals surface area contributed by atoms with Gasteiger partial charge in [0.15, 0.2) is 0 Å². The molecule has 0 rings (SSSR count). The van der Waals surface area contributed by atoms with Crippen molar-refractivity contribution in [1.29, 1.82) is 0 Å². The van der Waals surface area contributed by atoms with E-state index in [0.29, 0.717) is 0 Å². The van der Waals surface area contributed by atoms with Gasteiger partial charge in [0.05, 0.1) is 0 Å². The van der Waals surface area contributed by atoms with Crippen molar-refractivity contribution >= 4 is 6.21 Å². The van der Waals surface area contributed by atoms with Crippen LogP contribution in [0.3, 0.4) is 0 Å². The van der Waals surface area contributed by atoms with E-state index < -0.39 is 0 Å². The molecule has 0 saturated carbocycles. The summed E-state index contributed by atoms with van der Waals surface area (Å²) in [6.45, 7) is 5.05. The Morgan fingerprint density at radius 1 is 1.50 bits per heavy atom. The van der Waals surface area contributed by atoms with Crippen molar-refractivity contribution in [3.63, 3.8) is 0 Å². The van der Waals surface area contributed by atoms with Crippen LogP contribution in [0.15, 0.2) is 17.1 Å². The second-order valence-corrected chi connectivity index (χ2v) is 1.58. The van der Waals surface area contributed by atoms with Crippen LogP contribution in [0, 0.1) is 0 Å². The molecule has 0 heterocycles. The zero-order valence-corrected chi connectivity index (χ0v) is 5.59. The first-order valence-corrected chi connectivity index (χ1v) is 3.03. The van der Waals surface area contributed by atoms with Gasteiger partial charge in [-0.15, -0.1) is 0 Å². The molecule has 0 aromatic heterocycles. The highest BCUT2D eigenvalue weighted by molar-refractivity contribution is 5.70. The Balaban J connectivity index is 3.07. The maximum absolute atomic E-state index is 4.07. The normalized spacial score (nSPS) is 11.8. The van der Waals surface area contributed by atoms with E-state index in [1.165, 1.54) is 0 Å². The molecule has 0 atom stereocenters. The van der Waals surface area contributed by atoms with Crippen molar-refractivity contribution in [1.82, 2.24) is 0 Å². The minimum absolute atomic E-state index is 0.949. The van der Waals surface area contributed by atoms with Crippen LogP contribution in [0.4, 0.5) is 0 Å². The van der Waals surface area contributed by atoms with Gasteiger partial charge in [-0.25, -0.2) is 0 Å². The van der Waals surface area contributed by atoms with Crippen molar-refractivity contribution in [2.75, 3.05) is 6.54 Å². The van der Waals surface area contributed by atoms with Crippen LogP contribution in [0.25, 0.3) is 0 Å². The van der Waals surface area contributed by atoms with Gasteiger partial charge in [0.2, 0.25) is 0 Å². The summed E-state index contributed by atoms with van der Waals surface area (Å²) in [6, 6.07) is 0. The molecule has 0 aliphatic carbocycles. The highest BCUT2D eigenvalue weighted by Crippen LogP contribution is 1.75. The lowest BCUT2D eigenvalue weighted by molar-refractivity contribution is 0.937. The molecule has 46 valence electrons. The first-order valence-electron chi connectivity index (χ1n) is 3.03. The zero-order valence-electron chi connectivity index (χ0n) is 5.59. The molecular formula is C7H13N. The number of hydrogen-bond donors (Lipinski definition) is 0. The number of rotatable bonds is 3. The van der Waals surface area contributed by atoms with Gasteiger partial charge in [-0.2, -0.15) is 0 Å². The second-order valence-electron chi connectivity index (χ2n) is 1.58. The molecule has 0 bridgehead atoms. The topological polar surface area (TPSA) is 12.4 Å². The Labute approximate surface area is 51.1 Å². The Kier molecular flexibility index (Phi) is 5.94. The minimum Gasteiger partial charge on any atom is -0.293 e. The number of aliphatic imine (C=N–C) groups is 1. The van der Waals surface area contributed by atoms with Crippen LogP contribution in [0.2, 0.25) is 0 Å². The third kappa shape index (κ3) is 5.41. The lowest BCUT2D eigenvalue weighted by atomic mass is 10.5. The predicted octanol–water partition coefficient (Wildman–Crippen LogP) is 2.04. The van der Waals surface area contributed by atoms with Gasteiger partial charge in [0.25, 0.3) is 0 Å². The average molecular weight is 111 g/mol. The van der Waals surface area contributed by atoms with Gasteiger partial charge < -0.3 is 0 Å². The lowest BCUT2D eigenvalue weighted by Gasteiger charge is -1.79. The Morgan fingerprint density at radius 3 is 2.75 bits per heavy atom.